The van der Waals surface area contributed by atoms with E-state index in [4.69, 9.17) is 0 Å². The van der Waals surface area contributed by atoms with Crippen molar-refractivity contribution in [3.05, 3.63) is 0 Å². The number of rotatable bonds is 1. The number of nitriles is 1. The molecule has 0 unspecified atom stereocenters. The van der Waals surface area contributed by atoms with Crippen molar-refractivity contribution in [3.8, 4) is 6.07 Å². The third-order valence-electron chi connectivity index (χ3n) is 4.24. The van der Waals surface area contributed by atoms with Gasteiger partial charge in [0.1, 0.15) is 5.54 Å². The molecular formula is C15H28N2. The minimum atomic E-state index is -0.195. The molecule has 0 atom stereocenters. The van der Waals surface area contributed by atoms with Gasteiger partial charge in [0.05, 0.1) is 6.07 Å². The molecule has 0 aromatic heterocycles. The van der Waals surface area contributed by atoms with Gasteiger partial charge in [0, 0.05) is 0 Å². The Balaban J connectivity index is 2.56. The van der Waals surface area contributed by atoms with Crippen LogP contribution in [0.3, 0.4) is 0 Å². The molecule has 1 fully saturated rings. The Morgan fingerprint density at radius 2 is 1.12 bits per heavy atom. The van der Waals surface area contributed by atoms with Gasteiger partial charge in [0.15, 0.2) is 0 Å². The second-order valence-corrected chi connectivity index (χ2v) is 5.72. The fourth-order valence-electron chi connectivity index (χ4n) is 2.86. The minimum absolute atomic E-state index is 0.195. The lowest BCUT2D eigenvalue weighted by Crippen LogP contribution is -2.42. The summed E-state index contributed by atoms with van der Waals surface area (Å²) in [5, 5.41) is 9.53. The highest BCUT2D eigenvalue weighted by molar-refractivity contribution is 5.06. The van der Waals surface area contributed by atoms with Crippen LogP contribution in [0, 0.1) is 11.3 Å². The molecule has 17 heavy (non-hydrogen) atoms. The maximum Gasteiger partial charge on any atom is 0.108 e. The Bertz CT molecular complexity index is 228. The van der Waals surface area contributed by atoms with Crippen LogP contribution in [0.15, 0.2) is 0 Å². The van der Waals surface area contributed by atoms with E-state index < -0.39 is 0 Å². The molecule has 0 aromatic carbocycles. The summed E-state index contributed by atoms with van der Waals surface area (Å²) in [5.41, 5.74) is -0.195. The van der Waals surface area contributed by atoms with E-state index in [0.717, 1.165) is 12.8 Å². The van der Waals surface area contributed by atoms with E-state index in [9.17, 15) is 5.26 Å². The summed E-state index contributed by atoms with van der Waals surface area (Å²) in [4.78, 5) is 2.15. The van der Waals surface area contributed by atoms with Gasteiger partial charge in [-0.1, -0.05) is 57.8 Å². The number of hydrogen-bond donors (Lipinski definition) is 0. The standard InChI is InChI=1S/C15H28N2/c1-17(2)15(14-16)12-10-8-6-4-3-5-7-9-11-13-15/h3-13H2,1-2H3. The Kier molecular flexibility index (Phi) is 6.58. The van der Waals surface area contributed by atoms with E-state index in [-0.39, 0.29) is 5.54 Å². The molecular weight excluding hydrogens is 208 g/mol. The molecule has 2 heteroatoms. The molecule has 1 rings (SSSR count). The van der Waals surface area contributed by atoms with Crippen molar-refractivity contribution in [1.29, 1.82) is 5.26 Å². The minimum Gasteiger partial charge on any atom is -0.292 e. The fraction of sp³-hybridized carbons (Fsp3) is 0.933. The highest BCUT2D eigenvalue weighted by Gasteiger charge is 2.31. The molecule has 0 aromatic rings. The highest BCUT2D eigenvalue weighted by Crippen LogP contribution is 2.28. The maximum absolute atomic E-state index is 9.53. The smallest absolute Gasteiger partial charge is 0.108 e. The van der Waals surface area contributed by atoms with Crippen molar-refractivity contribution < 1.29 is 0 Å². The van der Waals surface area contributed by atoms with Gasteiger partial charge in [-0.05, 0) is 26.9 Å². The average molecular weight is 236 g/mol. The van der Waals surface area contributed by atoms with Crippen LogP contribution in [0.4, 0.5) is 0 Å². The van der Waals surface area contributed by atoms with Crippen LogP contribution in [0.5, 0.6) is 0 Å². The zero-order chi connectivity index (χ0) is 12.6. The van der Waals surface area contributed by atoms with Crippen molar-refractivity contribution in [1.82, 2.24) is 4.90 Å². The largest absolute Gasteiger partial charge is 0.292 e. The van der Waals surface area contributed by atoms with Crippen LogP contribution in [-0.2, 0) is 0 Å². The third-order valence-corrected chi connectivity index (χ3v) is 4.24. The third kappa shape index (κ3) is 4.68. The second kappa shape index (κ2) is 7.71. The molecule has 2 nitrogen and oxygen atoms in total. The van der Waals surface area contributed by atoms with Crippen molar-refractivity contribution in [2.75, 3.05) is 14.1 Å². The SMILES string of the molecule is CN(C)C1(C#N)CCCCCCCCCCC1. The van der Waals surface area contributed by atoms with Crippen LogP contribution >= 0.6 is 0 Å². The first-order valence-electron chi connectivity index (χ1n) is 7.30. The molecule has 0 heterocycles. The highest BCUT2D eigenvalue weighted by atomic mass is 15.1. The normalized spacial score (nSPS) is 23.4. The van der Waals surface area contributed by atoms with Crippen LogP contribution in [0.1, 0.15) is 70.6 Å². The zero-order valence-corrected chi connectivity index (χ0v) is 11.7. The van der Waals surface area contributed by atoms with Crippen molar-refractivity contribution in [2.24, 2.45) is 0 Å². The van der Waals surface area contributed by atoms with Gasteiger partial charge >= 0.3 is 0 Å². The average Bonchev–Trinajstić information content (AvgIpc) is 2.30. The Morgan fingerprint density at radius 1 is 0.765 bits per heavy atom. The van der Waals surface area contributed by atoms with Crippen molar-refractivity contribution in [3.63, 3.8) is 0 Å². The molecule has 0 spiro atoms. The lowest BCUT2D eigenvalue weighted by atomic mass is 9.86. The molecule has 0 amide bonds. The Labute approximate surface area is 107 Å². The van der Waals surface area contributed by atoms with Gasteiger partial charge in [-0.3, -0.25) is 4.90 Å². The van der Waals surface area contributed by atoms with Gasteiger partial charge in [0.2, 0.25) is 0 Å². The van der Waals surface area contributed by atoms with Gasteiger partial charge in [0.25, 0.3) is 0 Å². The topological polar surface area (TPSA) is 27.0 Å². The maximum atomic E-state index is 9.53. The number of hydrogen-bond acceptors (Lipinski definition) is 2. The first-order valence-corrected chi connectivity index (χ1v) is 7.30. The molecule has 0 N–H and O–H groups in total. The van der Waals surface area contributed by atoms with Crippen LogP contribution in [0.25, 0.3) is 0 Å². The summed E-state index contributed by atoms with van der Waals surface area (Å²) in [7, 11) is 4.13. The van der Waals surface area contributed by atoms with E-state index >= 15 is 0 Å². The summed E-state index contributed by atoms with van der Waals surface area (Å²) in [6, 6.07) is 2.59. The van der Waals surface area contributed by atoms with E-state index in [1.807, 2.05) is 0 Å². The monoisotopic (exact) mass is 236 g/mol. The van der Waals surface area contributed by atoms with Gasteiger partial charge < -0.3 is 0 Å². The summed E-state index contributed by atoms with van der Waals surface area (Å²) in [6.45, 7) is 0. The molecule has 0 aliphatic heterocycles. The van der Waals surface area contributed by atoms with E-state index in [1.54, 1.807) is 0 Å². The molecule has 1 saturated carbocycles. The van der Waals surface area contributed by atoms with Gasteiger partial charge in [-0.25, -0.2) is 0 Å². The lowest BCUT2D eigenvalue weighted by Gasteiger charge is -2.34. The Morgan fingerprint density at radius 3 is 1.41 bits per heavy atom. The van der Waals surface area contributed by atoms with E-state index in [1.165, 1.54) is 57.8 Å². The molecule has 1 aliphatic carbocycles. The number of nitrogens with zero attached hydrogens (tertiary/aromatic N) is 2. The molecule has 1 aliphatic rings. The molecule has 0 radical (unpaired) electrons. The Hall–Kier alpha value is -0.550. The zero-order valence-electron chi connectivity index (χ0n) is 11.7. The summed E-state index contributed by atoms with van der Waals surface area (Å²) < 4.78 is 0. The summed E-state index contributed by atoms with van der Waals surface area (Å²) >= 11 is 0. The quantitative estimate of drug-likeness (QED) is 0.685. The molecule has 98 valence electrons. The van der Waals surface area contributed by atoms with E-state index in [2.05, 4.69) is 25.1 Å². The molecule has 0 bridgehead atoms. The van der Waals surface area contributed by atoms with Gasteiger partial charge in [-0.15, -0.1) is 0 Å². The van der Waals surface area contributed by atoms with Crippen molar-refractivity contribution >= 4 is 0 Å². The van der Waals surface area contributed by atoms with Gasteiger partial charge in [-0.2, -0.15) is 5.26 Å². The predicted octanol–water partition coefficient (Wildman–Crippen LogP) is 4.12. The van der Waals surface area contributed by atoms with E-state index in [0.29, 0.717) is 0 Å². The summed E-state index contributed by atoms with van der Waals surface area (Å²) in [6.07, 6.45) is 14.0. The van der Waals surface area contributed by atoms with Crippen LogP contribution in [-0.4, -0.2) is 24.5 Å². The fourth-order valence-corrected chi connectivity index (χ4v) is 2.86. The van der Waals surface area contributed by atoms with Crippen LogP contribution in [0.2, 0.25) is 0 Å². The first-order chi connectivity index (χ1) is 8.21. The second-order valence-electron chi connectivity index (χ2n) is 5.72. The van der Waals surface area contributed by atoms with Crippen LogP contribution < -0.4 is 0 Å². The summed E-state index contributed by atoms with van der Waals surface area (Å²) in [5.74, 6) is 0. The lowest BCUT2D eigenvalue weighted by molar-refractivity contribution is 0.178. The molecule has 0 saturated heterocycles. The predicted molar refractivity (Wildman–Crippen MR) is 72.8 cm³/mol. The first kappa shape index (κ1) is 14.5. The van der Waals surface area contributed by atoms with Crippen molar-refractivity contribution in [2.45, 2.75) is 76.2 Å².